The van der Waals surface area contributed by atoms with Gasteiger partial charge in [-0.15, -0.1) is 0 Å². The Balaban J connectivity index is 1.99. The van der Waals surface area contributed by atoms with Gasteiger partial charge in [0.2, 0.25) is 15.9 Å². The molecule has 27 heavy (non-hydrogen) atoms. The third-order valence-corrected chi connectivity index (χ3v) is 6.37. The van der Waals surface area contributed by atoms with Crippen LogP contribution in [0, 0.1) is 17.0 Å². The third kappa shape index (κ3) is 3.43. The Kier molecular flexibility index (Phi) is 4.75. The highest BCUT2D eigenvalue weighted by atomic mass is 32.2. The molecule has 1 amide bonds. The van der Waals surface area contributed by atoms with E-state index in [1.807, 2.05) is 6.92 Å². The number of sulfonamides is 1. The van der Waals surface area contributed by atoms with Crippen molar-refractivity contribution in [2.24, 2.45) is 0 Å². The van der Waals surface area contributed by atoms with Gasteiger partial charge in [0.1, 0.15) is 6.04 Å². The van der Waals surface area contributed by atoms with E-state index in [0.29, 0.717) is 5.56 Å². The maximum atomic E-state index is 13.0. The van der Waals surface area contributed by atoms with Gasteiger partial charge in [-0.05, 0) is 24.6 Å². The van der Waals surface area contributed by atoms with E-state index in [4.69, 9.17) is 0 Å². The van der Waals surface area contributed by atoms with Crippen molar-refractivity contribution >= 4 is 21.6 Å². The lowest BCUT2D eigenvalue weighted by molar-refractivity contribution is -0.384. The quantitative estimate of drug-likeness (QED) is 0.443. The van der Waals surface area contributed by atoms with Gasteiger partial charge in [-0.3, -0.25) is 14.9 Å². The van der Waals surface area contributed by atoms with Crippen molar-refractivity contribution in [2.75, 3.05) is 14.1 Å². The monoisotopic (exact) mass is 389 g/mol. The molecule has 0 bridgehead atoms. The van der Waals surface area contributed by atoms with Crippen molar-refractivity contribution < 1.29 is 18.1 Å². The van der Waals surface area contributed by atoms with Crippen molar-refractivity contribution in [3.63, 3.8) is 0 Å². The van der Waals surface area contributed by atoms with Gasteiger partial charge in [-0.2, -0.15) is 4.31 Å². The maximum absolute atomic E-state index is 13.0. The van der Waals surface area contributed by atoms with Gasteiger partial charge in [-0.1, -0.05) is 29.8 Å². The van der Waals surface area contributed by atoms with Gasteiger partial charge in [-0.25, -0.2) is 8.42 Å². The molecule has 9 heteroatoms. The fourth-order valence-corrected chi connectivity index (χ4v) is 4.68. The SMILES string of the molecule is Cc1ccc(S(=O)(=O)N2[C@@H](C(=O)N(C)C)[C@@H]2c2ccc([N+](=O)[O-])cc2)cc1. The number of nitro groups is 1. The molecule has 1 unspecified atom stereocenters. The van der Waals surface area contributed by atoms with Crippen LogP contribution in [0.5, 0.6) is 0 Å². The molecule has 1 aliphatic heterocycles. The lowest BCUT2D eigenvalue weighted by Gasteiger charge is -2.10. The molecule has 1 saturated heterocycles. The highest BCUT2D eigenvalue weighted by Gasteiger charge is 2.60. The van der Waals surface area contributed by atoms with Crippen LogP contribution in [0.1, 0.15) is 17.2 Å². The minimum atomic E-state index is -3.88. The second-order valence-electron chi connectivity index (χ2n) is 6.62. The van der Waals surface area contributed by atoms with Gasteiger partial charge < -0.3 is 4.90 Å². The van der Waals surface area contributed by atoms with Gasteiger partial charge >= 0.3 is 0 Å². The Morgan fingerprint density at radius 2 is 1.63 bits per heavy atom. The minimum Gasteiger partial charge on any atom is -0.347 e. The number of aryl methyl sites for hydroxylation is 1. The van der Waals surface area contributed by atoms with E-state index in [0.717, 1.165) is 9.87 Å². The predicted octanol–water partition coefficient (Wildman–Crippen LogP) is 2.11. The number of carbonyl (C=O) groups excluding carboxylic acids is 1. The van der Waals surface area contributed by atoms with Crippen LogP contribution in [0.25, 0.3) is 0 Å². The molecule has 8 nitrogen and oxygen atoms in total. The number of carbonyl (C=O) groups is 1. The molecule has 2 aromatic carbocycles. The first kappa shape index (κ1) is 19.0. The summed E-state index contributed by atoms with van der Waals surface area (Å²) in [6.45, 7) is 1.85. The Labute approximate surface area is 157 Å². The predicted molar refractivity (Wildman–Crippen MR) is 98.5 cm³/mol. The van der Waals surface area contributed by atoms with Crippen molar-refractivity contribution in [2.45, 2.75) is 23.9 Å². The molecule has 0 radical (unpaired) electrons. The topological polar surface area (TPSA) is 101 Å². The lowest BCUT2D eigenvalue weighted by atomic mass is 10.1. The first-order valence-electron chi connectivity index (χ1n) is 8.20. The number of hydrogen-bond donors (Lipinski definition) is 0. The Morgan fingerprint density at radius 3 is 2.11 bits per heavy atom. The number of rotatable bonds is 5. The smallest absolute Gasteiger partial charge is 0.269 e. The van der Waals surface area contributed by atoms with Gasteiger partial charge in [0, 0.05) is 26.2 Å². The number of amides is 1. The first-order chi connectivity index (χ1) is 12.6. The van der Waals surface area contributed by atoms with E-state index in [-0.39, 0.29) is 16.5 Å². The largest absolute Gasteiger partial charge is 0.347 e. The first-order valence-corrected chi connectivity index (χ1v) is 9.64. The van der Waals surface area contributed by atoms with Crippen molar-refractivity contribution in [1.29, 1.82) is 0 Å². The number of likely N-dealkylation sites (N-methyl/N-ethyl adjacent to an activating group) is 1. The molecule has 0 aromatic heterocycles. The summed E-state index contributed by atoms with van der Waals surface area (Å²) in [7, 11) is -0.763. The highest BCUT2D eigenvalue weighted by Crippen LogP contribution is 2.48. The lowest BCUT2D eigenvalue weighted by Crippen LogP contribution is -2.30. The number of nitro benzene ring substituents is 1. The van der Waals surface area contributed by atoms with Crippen LogP contribution in [0.15, 0.2) is 53.4 Å². The van der Waals surface area contributed by atoms with Crippen LogP contribution in [0.2, 0.25) is 0 Å². The van der Waals surface area contributed by atoms with Crippen molar-refractivity contribution in [1.82, 2.24) is 9.21 Å². The van der Waals surface area contributed by atoms with Crippen LogP contribution in [-0.2, 0) is 14.8 Å². The normalized spacial score (nSPS) is 21.5. The standard InChI is InChI=1S/C18H19N3O5S/c1-12-4-10-15(11-5-12)27(25,26)20-16(17(20)18(22)19(2)3)13-6-8-14(9-7-13)21(23)24/h4-11,16-17H,1-3H3/t16-,17+,20?/m0/s1. The van der Waals surface area contributed by atoms with Gasteiger partial charge in [0.05, 0.1) is 15.9 Å². The van der Waals surface area contributed by atoms with Crippen LogP contribution in [0.4, 0.5) is 5.69 Å². The maximum Gasteiger partial charge on any atom is 0.269 e. The van der Waals surface area contributed by atoms with E-state index in [1.54, 1.807) is 26.2 Å². The molecule has 0 saturated carbocycles. The number of nitrogens with zero attached hydrogens (tertiary/aromatic N) is 3. The zero-order valence-electron chi connectivity index (χ0n) is 15.1. The van der Waals surface area contributed by atoms with Crippen LogP contribution < -0.4 is 0 Å². The van der Waals surface area contributed by atoms with E-state index in [2.05, 4.69) is 0 Å². The summed E-state index contributed by atoms with van der Waals surface area (Å²) < 4.78 is 27.3. The zero-order chi connectivity index (χ0) is 19.9. The van der Waals surface area contributed by atoms with Crippen molar-refractivity contribution in [3.8, 4) is 0 Å². The summed E-state index contributed by atoms with van der Waals surface area (Å²) in [6, 6.07) is 10.4. The molecule has 1 aliphatic rings. The molecule has 2 aromatic rings. The van der Waals surface area contributed by atoms with E-state index in [9.17, 15) is 23.3 Å². The number of hydrogen-bond acceptors (Lipinski definition) is 5. The average Bonchev–Trinajstić information content (AvgIpc) is 3.37. The summed E-state index contributed by atoms with van der Waals surface area (Å²) in [5.41, 5.74) is 1.37. The third-order valence-electron chi connectivity index (χ3n) is 4.49. The minimum absolute atomic E-state index is 0.0946. The number of non-ortho nitro benzene ring substituents is 1. The molecular weight excluding hydrogens is 370 g/mol. The summed E-state index contributed by atoms with van der Waals surface area (Å²) in [5.74, 6) is -0.339. The zero-order valence-corrected chi connectivity index (χ0v) is 15.9. The highest BCUT2D eigenvalue weighted by molar-refractivity contribution is 7.89. The van der Waals surface area contributed by atoms with Crippen LogP contribution in [0.3, 0.4) is 0 Å². The molecule has 0 aliphatic carbocycles. The fourth-order valence-electron chi connectivity index (χ4n) is 2.97. The van der Waals surface area contributed by atoms with E-state index >= 15 is 0 Å². The van der Waals surface area contributed by atoms with Crippen LogP contribution >= 0.6 is 0 Å². The van der Waals surface area contributed by atoms with E-state index in [1.165, 1.54) is 41.3 Å². The molecule has 3 rings (SSSR count). The summed E-state index contributed by atoms with van der Waals surface area (Å²) in [4.78, 5) is 24.3. The molecule has 1 heterocycles. The van der Waals surface area contributed by atoms with Gasteiger partial charge in [0.25, 0.3) is 5.69 Å². The molecule has 0 N–H and O–H groups in total. The summed E-state index contributed by atoms with van der Waals surface area (Å²) >= 11 is 0. The molecule has 3 atom stereocenters. The van der Waals surface area contributed by atoms with Gasteiger partial charge in [0.15, 0.2) is 0 Å². The Morgan fingerprint density at radius 1 is 1.07 bits per heavy atom. The fraction of sp³-hybridized carbons (Fsp3) is 0.278. The summed E-state index contributed by atoms with van der Waals surface area (Å²) in [6.07, 6.45) is 0. The molecule has 1 fully saturated rings. The number of benzene rings is 2. The molecular formula is C18H19N3O5S. The van der Waals surface area contributed by atoms with Crippen LogP contribution in [-0.4, -0.2) is 48.6 Å². The Hall–Kier alpha value is -2.78. The van der Waals surface area contributed by atoms with Crippen molar-refractivity contribution in [3.05, 3.63) is 69.8 Å². The average molecular weight is 389 g/mol. The van der Waals surface area contributed by atoms with E-state index < -0.39 is 27.0 Å². The Bertz CT molecular complexity index is 985. The summed E-state index contributed by atoms with van der Waals surface area (Å²) in [5, 5.41) is 10.8. The molecule has 0 spiro atoms. The second kappa shape index (κ2) is 6.75. The second-order valence-corrected chi connectivity index (χ2v) is 8.46. The molecule has 142 valence electrons.